The molecule has 2 bridgehead atoms. The van der Waals surface area contributed by atoms with Gasteiger partial charge in [-0.3, -0.25) is 4.90 Å². The molecule has 2 aromatic carbocycles. The fraction of sp³-hybridized carbons (Fsp3) is 0.429. The number of alkyl halides is 2. The highest BCUT2D eigenvalue weighted by Gasteiger charge is 2.47. The molecule has 2 unspecified atom stereocenters. The van der Waals surface area contributed by atoms with Gasteiger partial charge in [-0.05, 0) is 30.0 Å². The number of nitrogens with zero attached hydrogens (tertiary/aromatic N) is 1. The van der Waals surface area contributed by atoms with Crippen LogP contribution in [0.25, 0.3) is 0 Å². The van der Waals surface area contributed by atoms with Crippen LogP contribution in [-0.4, -0.2) is 35.3 Å². The maximum absolute atomic E-state index is 14.1. The molecule has 1 N–H and O–H groups in total. The number of halogens is 3. The maximum Gasteiger partial charge on any atom is 0.266 e. The van der Waals surface area contributed by atoms with Crippen molar-refractivity contribution in [2.45, 2.75) is 43.5 Å². The Hall–Kier alpha value is -1.89. The van der Waals surface area contributed by atoms with Gasteiger partial charge in [-0.2, -0.15) is 0 Å². The van der Waals surface area contributed by atoms with E-state index >= 15 is 0 Å². The van der Waals surface area contributed by atoms with E-state index in [0.717, 1.165) is 18.7 Å². The fourth-order valence-corrected chi connectivity index (χ4v) is 4.33. The number of rotatable bonds is 4. The molecule has 144 valence electrons. The summed E-state index contributed by atoms with van der Waals surface area (Å²) >= 11 is 0. The first-order valence-corrected chi connectivity index (χ1v) is 9.14. The van der Waals surface area contributed by atoms with Crippen molar-refractivity contribution >= 4 is 0 Å². The van der Waals surface area contributed by atoms with Crippen LogP contribution in [0.15, 0.2) is 48.5 Å². The van der Waals surface area contributed by atoms with Crippen LogP contribution in [-0.2, 0) is 16.9 Å². The van der Waals surface area contributed by atoms with Gasteiger partial charge >= 0.3 is 0 Å². The third-order valence-electron chi connectivity index (χ3n) is 5.69. The average Bonchev–Trinajstić information content (AvgIpc) is 2.63. The van der Waals surface area contributed by atoms with Gasteiger partial charge in [0.05, 0.1) is 24.4 Å². The van der Waals surface area contributed by atoms with Crippen molar-refractivity contribution in [3.63, 3.8) is 0 Å². The number of morpholine rings is 1. The summed E-state index contributed by atoms with van der Waals surface area (Å²) in [5, 5.41) is 11.2. The number of ether oxygens (including phenoxy) is 1. The van der Waals surface area contributed by atoms with E-state index in [1.165, 1.54) is 11.6 Å². The third-order valence-corrected chi connectivity index (χ3v) is 5.69. The van der Waals surface area contributed by atoms with E-state index in [1.807, 2.05) is 18.2 Å². The number of aliphatic hydroxyl groups is 1. The van der Waals surface area contributed by atoms with E-state index in [9.17, 15) is 18.3 Å². The van der Waals surface area contributed by atoms with Crippen molar-refractivity contribution in [2.75, 3.05) is 13.2 Å². The molecule has 2 fully saturated rings. The van der Waals surface area contributed by atoms with Crippen molar-refractivity contribution < 1.29 is 23.0 Å². The van der Waals surface area contributed by atoms with E-state index in [4.69, 9.17) is 4.74 Å². The highest BCUT2D eigenvalue weighted by Crippen LogP contribution is 2.42. The lowest BCUT2D eigenvalue weighted by Gasteiger charge is -2.52. The lowest BCUT2D eigenvalue weighted by Crippen LogP contribution is -2.60. The first-order valence-electron chi connectivity index (χ1n) is 9.14. The summed E-state index contributed by atoms with van der Waals surface area (Å²) in [7, 11) is 0. The monoisotopic (exact) mass is 377 g/mol. The smallest absolute Gasteiger partial charge is 0.266 e. The summed E-state index contributed by atoms with van der Waals surface area (Å²) in [6.45, 7) is 1.74. The number of piperidine rings is 1. The lowest BCUT2D eigenvalue weighted by molar-refractivity contribution is -0.149. The number of benzene rings is 2. The summed E-state index contributed by atoms with van der Waals surface area (Å²) < 4.78 is 45.4. The van der Waals surface area contributed by atoms with E-state index < -0.39 is 23.4 Å². The minimum atomic E-state index is -2.87. The maximum atomic E-state index is 14.1. The van der Waals surface area contributed by atoms with E-state index in [1.54, 1.807) is 0 Å². The fourth-order valence-electron chi connectivity index (χ4n) is 4.33. The molecule has 4 rings (SSSR count). The van der Waals surface area contributed by atoms with Gasteiger partial charge in [0.2, 0.25) is 0 Å². The minimum Gasteiger partial charge on any atom is -0.385 e. The molecule has 27 heavy (non-hydrogen) atoms. The summed E-state index contributed by atoms with van der Waals surface area (Å²) in [6, 6.07) is 13.6. The van der Waals surface area contributed by atoms with Crippen LogP contribution in [0.2, 0.25) is 0 Å². The predicted octanol–water partition coefficient (Wildman–Crippen LogP) is 4.01. The highest BCUT2D eigenvalue weighted by atomic mass is 19.3. The van der Waals surface area contributed by atoms with Gasteiger partial charge in [-0.25, -0.2) is 13.2 Å². The zero-order chi connectivity index (χ0) is 19.0. The normalized spacial score (nSPS) is 28.5. The average molecular weight is 377 g/mol. The number of fused-ring (bicyclic) bond motifs is 2. The minimum absolute atomic E-state index is 0.0134. The Morgan fingerprint density at radius 2 is 1.74 bits per heavy atom. The Kier molecular flexibility index (Phi) is 4.97. The Balaban J connectivity index is 1.58. The lowest BCUT2D eigenvalue weighted by atomic mass is 9.76. The van der Waals surface area contributed by atoms with Crippen molar-refractivity contribution in [2.24, 2.45) is 0 Å². The second-order valence-electron chi connectivity index (χ2n) is 7.48. The molecule has 0 amide bonds. The molecule has 2 atom stereocenters. The Labute approximate surface area is 156 Å². The van der Waals surface area contributed by atoms with Crippen LogP contribution in [0.4, 0.5) is 13.2 Å². The molecular weight excluding hydrogens is 355 g/mol. The summed E-state index contributed by atoms with van der Waals surface area (Å²) in [6.07, 6.45) is -2.11. The molecule has 6 heteroatoms. The van der Waals surface area contributed by atoms with Crippen LogP contribution < -0.4 is 0 Å². The van der Waals surface area contributed by atoms with Crippen molar-refractivity contribution in [3.8, 4) is 0 Å². The Morgan fingerprint density at radius 1 is 1.07 bits per heavy atom. The molecule has 0 radical (unpaired) electrons. The molecule has 0 aliphatic carbocycles. The van der Waals surface area contributed by atoms with Crippen molar-refractivity contribution in [3.05, 3.63) is 71.0 Å². The third kappa shape index (κ3) is 3.61. The van der Waals surface area contributed by atoms with Crippen molar-refractivity contribution in [1.82, 2.24) is 4.90 Å². The van der Waals surface area contributed by atoms with Crippen molar-refractivity contribution in [1.29, 1.82) is 0 Å². The predicted molar refractivity (Wildman–Crippen MR) is 94.9 cm³/mol. The summed E-state index contributed by atoms with van der Waals surface area (Å²) in [5.41, 5.74) is -0.325. The molecule has 2 aliphatic rings. The first-order chi connectivity index (χ1) is 13.0. The van der Waals surface area contributed by atoms with Crippen LogP contribution in [0.3, 0.4) is 0 Å². The molecule has 0 saturated carbocycles. The Bertz CT molecular complexity index is 785. The SMILES string of the molecule is OC1(c2ccc(C(F)F)c(F)c2)CC2COCC(C1)N2Cc1ccccc1. The van der Waals surface area contributed by atoms with Gasteiger partial charge in [0.15, 0.2) is 0 Å². The quantitative estimate of drug-likeness (QED) is 0.874. The van der Waals surface area contributed by atoms with Crippen LogP contribution in [0.1, 0.15) is 36.0 Å². The van der Waals surface area contributed by atoms with Gasteiger partial charge in [-0.1, -0.05) is 42.5 Å². The van der Waals surface area contributed by atoms with Crippen LogP contribution >= 0.6 is 0 Å². The van der Waals surface area contributed by atoms with Gasteiger partial charge in [0, 0.05) is 18.6 Å². The molecule has 0 spiro atoms. The molecular formula is C21H22F3NO2. The topological polar surface area (TPSA) is 32.7 Å². The van der Waals surface area contributed by atoms with Crippen LogP contribution in [0.5, 0.6) is 0 Å². The zero-order valence-electron chi connectivity index (χ0n) is 14.8. The largest absolute Gasteiger partial charge is 0.385 e. The molecule has 0 aromatic heterocycles. The molecule has 2 heterocycles. The first kappa shape index (κ1) is 18.5. The standard InChI is InChI=1S/C21H22F3NO2/c22-19-8-15(6-7-18(19)20(23)24)21(26)9-16-12-27-13-17(10-21)25(16)11-14-4-2-1-3-5-14/h1-8,16-17,20,26H,9-13H2. The second kappa shape index (κ2) is 7.26. The van der Waals surface area contributed by atoms with Gasteiger partial charge in [-0.15, -0.1) is 0 Å². The summed E-state index contributed by atoms with van der Waals surface area (Å²) in [5.74, 6) is -0.968. The van der Waals surface area contributed by atoms with E-state index in [-0.39, 0.29) is 12.1 Å². The van der Waals surface area contributed by atoms with Gasteiger partial charge < -0.3 is 9.84 Å². The Morgan fingerprint density at radius 3 is 2.33 bits per heavy atom. The molecule has 2 aromatic rings. The second-order valence-corrected chi connectivity index (χ2v) is 7.48. The summed E-state index contributed by atoms with van der Waals surface area (Å²) in [4.78, 5) is 2.33. The highest BCUT2D eigenvalue weighted by molar-refractivity contribution is 5.31. The number of hydrogen-bond acceptors (Lipinski definition) is 3. The van der Waals surface area contributed by atoms with E-state index in [0.29, 0.717) is 31.6 Å². The van der Waals surface area contributed by atoms with Gasteiger partial charge in [0.25, 0.3) is 6.43 Å². The van der Waals surface area contributed by atoms with Crippen LogP contribution in [0, 0.1) is 5.82 Å². The molecule has 2 saturated heterocycles. The van der Waals surface area contributed by atoms with Gasteiger partial charge in [0.1, 0.15) is 5.82 Å². The number of hydrogen-bond donors (Lipinski definition) is 1. The molecule has 3 nitrogen and oxygen atoms in total. The van der Waals surface area contributed by atoms with E-state index in [2.05, 4.69) is 17.0 Å². The zero-order valence-corrected chi connectivity index (χ0v) is 14.8. The molecule has 2 aliphatic heterocycles.